The number of para-hydroxylation sites is 1. The van der Waals surface area contributed by atoms with Gasteiger partial charge in [-0.2, -0.15) is 0 Å². The second-order valence-electron chi connectivity index (χ2n) is 6.77. The molecule has 0 fully saturated rings. The van der Waals surface area contributed by atoms with E-state index in [1.165, 1.54) is 0 Å². The largest absolute Gasteiger partial charge is 0.508 e. The molecule has 0 radical (unpaired) electrons. The molecule has 0 saturated heterocycles. The molecule has 3 N–H and O–H groups in total. The average Bonchev–Trinajstić information content (AvgIpc) is 2.76. The summed E-state index contributed by atoms with van der Waals surface area (Å²) in [6, 6.07) is 17.9. The first-order valence-corrected chi connectivity index (χ1v) is 9.44. The highest BCUT2D eigenvalue weighted by molar-refractivity contribution is 6.07. The van der Waals surface area contributed by atoms with E-state index < -0.39 is 0 Å². The number of aromatic hydroxyl groups is 1. The van der Waals surface area contributed by atoms with Gasteiger partial charge in [0.25, 0.3) is 0 Å². The topological polar surface area (TPSA) is 111 Å². The standard InChI is InChI=1S/C23H20N4O3/c1-30-20-10-4-8-17-21(26-23(24)27-22(17)20)19(29)12-11-15-6-3-9-18(25-15)14-5-2-7-16(28)13-14/h2-10,13,28H,11-12H2,1H3,(H2,24,26,27). The number of aryl methyl sites for hydroxylation is 1. The molecule has 0 unspecified atom stereocenters. The lowest BCUT2D eigenvalue weighted by molar-refractivity contribution is 0.0979. The molecule has 7 heteroatoms. The number of methoxy groups -OCH3 is 1. The van der Waals surface area contributed by atoms with E-state index in [1.54, 1.807) is 43.5 Å². The van der Waals surface area contributed by atoms with Crippen molar-refractivity contribution < 1.29 is 14.6 Å². The number of ether oxygens (including phenoxy) is 1. The van der Waals surface area contributed by atoms with Crippen molar-refractivity contribution in [3.63, 3.8) is 0 Å². The van der Waals surface area contributed by atoms with Gasteiger partial charge < -0.3 is 15.6 Å². The molecule has 0 aliphatic heterocycles. The number of hydrogen-bond donors (Lipinski definition) is 2. The SMILES string of the molecule is COc1cccc2c(C(=O)CCc3cccc(-c4cccc(O)c4)n3)nc(N)nc12. The second kappa shape index (κ2) is 8.16. The third kappa shape index (κ3) is 3.91. The van der Waals surface area contributed by atoms with Gasteiger partial charge >= 0.3 is 0 Å². The lowest BCUT2D eigenvalue weighted by Crippen LogP contribution is -2.09. The zero-order valence-electron chi connectivity index (χ0n) is 16.4. The molecule has 150 valence electrons. The van der Waals surface area contributed by atoms with Crippen molar-refractivity contribution >= 4 is 22.6 Å². The number of nitrogens with zero attached hydrogens (tertiary/aromatic N) is 3. The number of aromatic nitrogens is 3. The number of phenolic OH excluding ortho intramolecular Hbond substituents is 1. The number of hydrogen-bond acceptors (Lipinski definition) is 7. The Balaban J connectivity index is 1.58. The molecule has 2 heterocycles. The van der Waals surface area contributed by atoms with Crippen molar-refractivity contribution in [1.29, 1.82) is 0 Å². The number of carbonyl (C=O) groups is 1. The molecule has 7 nitrogen and oxygen atoms in total. The van der Waals surface area contributed by atoms with E-state index in [9.17, 15) is 9.90 Å². The maximum Gasteiger partial charge on any atom is 0.221 e. The fourth-order valence-corrected chi connectivity index (χ4v) is 3.33. The summed E-state index contributed by atoms with van der Waals surface area (Å²) in [6.45, 7) is 0. The van der Waals surface area contributed by atoms with Crippen LogP contribution in [-0.4, -0.2) is 33.0 Å². The van der Waals surface area contributed by atoms with E-state index in [-0.39, 0.29) is 29.6 Å². The van der Waals surface area contributed by atoms with Gasteiger partial charge in [0.05, 0.1) is 12.8 Å². The minimum absolute atomic E-state index is 0.0272. The van der Waals surface area contributed by atoms with Crippen molar-refractivity contribution in [2.24, 2.45) is 0 Å². The van der Waals surface area contributed by atoms with Gasteiger partial charge in [0.1, 0.15) is 22.7 Å². The highest BCUT2D eigenvalue weighted by Gasteiger charge is 2.17. The van der Waals surface area contributed by atoms with E-state index in [0.29, 0.717) is 23.1 Å². The molecule has 0 atom stereocenters. The fourth-order valence-electron chi connectivity index (χ4n) is 3.33. The van der Waals surface area contributed by atoms with E-state index in [1.807, 2.05) is 24.3 Å². The first-order valence-electron chi connectivity index (χ1n) is 9.44. The van der Waals surface area contributed by atoms with Crippen molar-refractivity contribution in [2.75, 3.05) is 12.8 Å². The molecule has 0 spiro atoms. The number of nitrogen functional groups attached to an aromatic ring is 1. The molecule has 4 rings (SSSR count). The van der Waals surface area contributed by atoms with Gasteiger partial charge in [-0.3, -0.25) is 9.78 Å². The van der Waals surface area contributed by atoms with E-state index in [4.69, 9.17) is 10.5 Å². The first kappa shape index (κ1) is 19.3. The van der Waals surface area contributed by atoms with Crippen LogP contribution < -0.4 is 10.5 Å². The number of ketones is 1. The van der Waals surface area contributed by atoms with E-state index in [0.717, 1.165) is 17.0 Å². The van der Waals surface area contributed by atoms with Gasteiger partial charge in [0, 0.05) is 23.1 Å². The van der Waals surface area contributed by atoms with Crippen LogP contribution in [0.5, 0.6) is 11.5 Å². The van der Waals surface area contributed by atoms with Crippen LogP contribution in [0.3, 0.4) is 0 Å². The maximum atomic E-state index is 12.9. The Morgan fingerprint density at radius 1 is 1.03 bits per heavy atom. The van der Waals surface area contributed by atoms with Gasteiger partial charge in [-0.15, -0.1) is 0 Å². The monoisotopic (exact) mass is 400 g/mol. The summed E-state index contributed by atoms with van der Waals surface area (Å²) in [4.78, 5) is 25.9. The predicted molar refractivity (Wildman–Crippen MR) is 114 cm³/mol. The molecule has 4 aromatic rings. The Morgan fingerprint density at radius 2 is 1.83 bits per heavy atom. The predicted octanol–water partition coefficient (Wildman–Crippen LogP) is 3.80. The molecule has 0 aliphatic carbocycles. The normalized spacial score (nSPS) is 10.8. The molecule has 2 aromatic heterocycles. The van der Waals surface area contributed by atoms with E-state index >= 15 is 0 Å². The summed E-state index contributed by atoms with van der Waals surface area (Å²) in [6.07, 6.45) is 0.667. The molecular formula is C23H20N4O3. The van der Waals surface area contributed by atoms with Crippen LogP contribution in [0.25, 0.3) is 22.2 Å². The van der Waals surface area contributed by atoms with Gasteiger partial charge in [0.2, 0.25) is 5.95 Å². The molecule has 30 heavy (non-hydrogen) atoms. The Morgan fingerprint density at radius 3 is 2.63 bits per heavy atom. The number of rotatable bonds is 6. The zero-order chi connectivity index (χ0) is 21.1. The minimum atomic E-state index is -0.146. The van der Waals surface area contributed by atoms with Gasteiger partial charge in [0.15, 0.2) is 5.78 Å². The van der Waals surface area contributed by atoms with Gasteiger partial charge in [-0.1, -0.05) is 30.3 Å². The smallest absolute Gasteiger partial charge is 0.221 e. The van der Waals surface area contributed by atoms with Crippen molar-refractivity contribution in [1.82, 2.24) is 15.0 Å². The second-order valence-corrected chi connectivity index (χ2v) is 6.77. The third-order valence-electron chi connectivity index (χ3n) is 4.75. The lowest BCUT2D eigenvalue weighted by atomic mass is 10.0. The third-order valence-corrected chi connectivity index (χ3v) is 4.75. The van der Waals surface area contributed by atoms with Crippen molar-refractivity contribution in [3.8, 4) is 22.8 Å². The quantitative estimate of drug-likeness (QED) is 0.474. The molecule has 2 aromatic carbocycles. The Kier molecular flexibility index (Phi) is 5.26. The van der Waals surface area contributed by atoms with Crippen LogP contribution in [0, 0.1) is 0 Å². The molecule has 0 bridgehead atoms. The summed E-state index contributed by atoms with van der Waals surface area (Å²) in [7, 11) is 1.54. The molecule has 0 aliphatic rings. The summed E-state index contributed by atoms with van der Waals surface area (Å²) in [5, 5.41) is 10.3. The van der Waals surface area contributed by atoms with Crippen LogP contribution in [0.2, 0.25) is 0 Å². The average molecular weight is 400 g/mol. The van der Waals surface area contributed by atoms with Crippen LogP contribution in [0.1, 0.15) is 22.6 Å². The van der Waals surface area contributed by atoms with Crippen molar-refractivity contribution in [2.45, 2.75) is 12.8 Å². The zero-order valence-corrected chi connectivity index (χ0v) is 16.4. The molecule has 0 saturated carbocycles. The highest BCUT2D eigenvalue weighted by Crippen LogP contribution is 2.27. The summed E-state index contributed by atoms with van der Waals surface area (Å²) in [5.41, 5.74) is 8.93. The Hall–Kier alpha value is -4.00. The van der Waals surface area contributed by atoms with E-state index in [2.05, 4.69) is 15.0 Å². The fraction of sp³-hybridized carbons (Fsp3) is 0.130. The summed E-state index contributed by atoms with van der Waals surface area (Å²) >= 11 is 0. The van der Waals surface area contributed by atoms with Crippen molar-refractivity contribution in [3.05, 3.63) is 72.1 Å². The number of Topliss-reactive ketones (excluding diaryl/α,β-unsaturated/α-hetero) is 1. The molecule has 0 amide bonds. The van der Waals surface area contributed by atoms with Crippen LogP contribution in [0.4, 0.5) is 5.95 Å². The Bertz CT molecular complexity index is 1240. The number of nitrogens with two attached hydrogens (primary N) is 1. The number of phenols is 1. The van der Waals surface area contributed by atoms with Gasteiger partial charge in [-0.25, -0.2) is 9.97 Å². The van der Waals surface area contributed by atoms with Crippen LogP contribution >= 0.6 is 0 Å². The highest BCUT2D eigenvalue weighted by atomic mass is 16.5. The lowest BCUT2D eigenvalue weighted by Gasteiger charge is -2.09. The van der Waals surface area contributed by atoms with Gasteiger partial charge in [-0.05, 0) is 36.8 Å². The number of benzene rings is 2. The van der Waals surface area contributed by atoms with Crippen LogP contribution in [-0.2, 0) is 6.42 Å². The summed E-state index contributed by atoms with van der Waals surface area (Å²) < 4.78 is 5.33. The Labute approximate surface area is 173 Å². The first-order chi connectivity index (χ1) is 14.5. The number of pyridine rings is 1. The number of anilines is 1. The molecular weight excluding hydrogens is 380 g/mol. The summed E-state index contributed by atoms with van der Waals surface area (Å²) in [5.74, 6) is 0.598. The number of carbonyl (C=O) groups excluding carboxylic acids is 1. The van der Waals surface area contributed by atoms with Crippen LogP contribution in [0.15, 0.2) is 60.7 Å². The minimum Gasteiger partial charge on any atom is -0.508 e. The maximum absolute atomic E-state index is 12.9. The number of fused-ring (bicyclic) bond motifs is 1.